The largest absolute Gasteiger partial charge is 0.465 e. The topological polar surface area (TPSA) is 43.4 Å². The molecule has 0 bridgehead atoms. The minimum Gasteiger partial charge on any atom is -0.465 e. The second-order valence-corrected chi connectivity index (χ2v) is 4.70. The van der Waals surface area contributed by atoms with Gasteiger partial charge >= 0.3 is 5.97 Å². The average Bonchev–Trinajstić information content (AvgIpc) is 2.34. The van der Waals surface area contributed by atoms with Crippen molar-refractivity contribution in [3.63, 3.8) is 0 Å². The van der Waals surface area contributed by atoms with Crippen molar-refractivity contribution in [2.75, 3.05) is 6.61 Å². The minimum atomic E-state index is -0.647. The van der Waals surface area contributed by atoms with E-state index in [1.54, 1.807) is 6.08 Å². The first kappa shape index (κ1) is 12.1. The van der Waals surface area contributed by atoms with Gasteiger partial charge in [0.15, 0.2) is 5.78 Å². The van der Waals surface area contributed by atoms with E-state index in [2.05, 4.69) is 0 Å². The average molecular weight is 234 g/mol. The Morgan fingerprint density at radius 1 is 1.47 bits per heavy atom. The summed E-state index contributed by atoms with van der Waals surface area (Å²) in [5, 5.41) is 0. The van der Waals surface area contributed by atoms with Gasteiger partial charge in [-0.1, -0.05) is 12.5 Å². The Hall–Kier alpha value is -1.38. The van der Waals surface area contributed by atoms with Crippen LogP contribution >= 0.6 is 0 Å². The van der Waals surface area contributed by atoms with Gasteiger partial charge in [-0.05, 0) is 50.3 Å². The van der Waals surface area contributed by atoms with Crippen molar-refractivity contribution in [1.29, 1.82) is 0 Å². The van der Waals surface area contributed by atoms with Crippen molar-refractivity contribution >= 4 is 11.8 Å². The number of hydrogen-bond donors (Lipinski definition) is 0. The number of rotatable bonds is 2. The highest BCUT2D eigenvalue weighted by Crippen LogP contribution is 2.46. The van der Waals surface area contributed by atoms with E-state index in [4.69, 9.17) is 4.74 Å². The molecule has 0 spiro atoms. The third-order valence-corrected chi connectivity index (χ3v) is 3.77. The maximum Gasteiger partial charge on any atom is 0.320 e. The van der Waals surface area contributed by atoms with Crippen LogP contribution in [0.2, 0.25) is 0 Å². The van der Waals surface area contributed by atoms with Gasteiger partial charge in [-0.25, -0.2) is 0 Å². The van der Waals surface area contributed by atoms with E-state index in [0.717, 1.165) is 36.8 Å². The lowest BCUT2D eigenvalue weighted by Crippen LogP contribution is -2.38. The Balaban J connectivity index is 2.44. The molecular formula is C14H18O3. The van der Waals surface area contributed by atoms with Crippen molar-refractivity contribution < 1.29 is 14.3 Å². The van der Waals surface area contributed by atoms with Crippen LogP contribution in [0, 0.1) is 5.41 Å². The molecule has 3 heteroatoms. The summed E-state index contributed by atoms with van der Waals surface area (Å²) in [6.07, 6.45) is 6.95. The fourth-order valence-corrected chi connectivity index (χ4v) is 2.83. The first-order valence-electron chi connectivity index (χ1n) is 6.23. The Morgan fingerprint density at radius 3 is 2.94 bits per heavy atom. The lowest BCUT2D eigenvalue weighted by molar-refractivity contribution is -0.151. The molecule has 1 fully saturated rings. The molecule has 2 aliphatic carbocycles. The van der Waals surface area contributed by atoms with E-state index in [0.29, 0.717) is 6.61 Å². The predicted octanol–water partition coefficient (Wildman–Crippen LogP) is 2.57. The Bertz CT molecular complexity index is 417. The van der Waals surface area contributed by atoms with Gasteiger partial charge in [0.2, 0.25) is 0 Å². The molecule has 92 valence electrons. The number of allylic oxidation sites excluding steroid dienone is 2. The van der Waals surface area contributed by atoms with Crippen molar-refractivity contribution in [2.24, 2.45) is 5.41 Å². The van der Waals surface area contributed by atoms with Gasteiger partial charge in [0, 0.05) is 0 Å². The quantitative estimate of drug-likeness (QED) is 0.690. The zero-order valence-corrected chi connectivity index (χ0v) is 10.4. The number of hydrogen-bond acceptors (Lipinski definition) is 3. The molecule has 1 unspecified atom stereocenters. The zero-order chi connectivity index (χ0) is 12.5. The van der Waals surface area contributed by atoms with Crippen molar-refractivity contribution in [3.8, 4) is 0 Å². The van der Waals surface area contributed by atoms with Crippen LogP contribution < -0.4 is 0 Å². The molecule has 1 saturated carbocycles. The third-order valence-electron chi connectivity index (χ3n) is 3.77. The Morgan fingerprint density at radius 2 is 2.24 bits per heavy atom. The molecule has 0 N–H and O–H groups in total. The SMILES string of the molecule is CCOC(=O)C12C=CC(=O)C(C)=C1CCCC2. The highest BCUT2D eigenvalue weighted by molar-refractivity contribution is 6.07. The normalized spacial score (nSPS) is 28.0. The lowest BCUT2D eigenvalue weighted by Gasteiger charge is -2.37. The van der Waals surface area contributed by atoms with E-state index >= 15 is 0 Å². The summed E-state index contributed by atoms with van der Waals surface area (Å²) in [4.78, 5) is 23.9. The molecule has 0 aromatic carbocycles. The van der Waals surface area contributed by atoms with Crippen LogP contribution in [0.4, 0.5) is 0 Å². The lowest BCUT2D eigenvalue weighted by atomic mass is 9.66. The van der Waals surface area contributed by atoms with E-state index in [9.17, 15) is 9.59 Å². The number of ketones is 1. The second kappa shape index (κ2) is 4.47. The maximum atomic E-state index is 12.2. The van der Waals surface area contributed by atoms with Crippen molar-refractivity contribution in [2.45, 2.75) is 39.5 Å². The number of ether oxygens (including phenoxy) is 1. The van der Waals surface area contributed by atoms with Crippen LogP contribution in [-0.4, -0.2) is 18.4 Å². The molecule has 0 heterocycles. The van der Waals surface area contributed by atoms with Crippen LogP contribution in [0.3, 0.4) is 0 Å². The number of fused-ring (bicyclic) bond motifs is 1. The Kier molecular flexibility index (Phi) is 3.18. The standard InChI is InChI=1S/C14H18O3/c1-3-17-13(16)14-8-5-4-6-11(14)10(2)12(15)7-9-14/h7,9H,3-6,8H2,1-2H3. The van der Waals surface area contributed by atoms with Gasteiger partial charge in [-0.2, -0.15) is 0 Å². The molecule has 0 amide bonds. The number of carbonyl (C=O) groups is 2. The molecule has 0 aromatic heterocycles. The van der Waals surface area contributed by atoms with Crippen LogP contribution in [0.5, 0.6) is 0 Å². The fraction of sp³-hybridized carbons (Fsp3) is 0.571. The molecule has 2 aliphatic rings. The fourth-order valence-electron chi connectivity index (χ4n) is 2.83. The number of carbonyl (C=O) groups excluding carboxylic acids is 2. The predicted molar refractivity (Wildman–Crippen MR) is 64.4 cm³/mol. The van der Waals surface area contributed by atoms with E-state index < -0.39 is 5.41 Å². The molecule has 0 aromatic rings. The molecule has 0 aliphatic heterocycles. The van der Waals surface area contributed by atoms with Crippen molar-refractivity contribution in [1.82, 2.24) is 0 Å². The summed E-state index contributed by atoms with van der Waals surface area (Å²) in [6.45, 7) is 4.01. The van der Waals surface area contributed by atoms with E-state index in [1.807, 2.05) is 13.8 Å². The van der Waals surface area contributed by atoms with Crippen LogP contribution in [0.1, 0.15) is 39.5 Å². The van der Waals surface area contributed by atoms with Gasteiger partial charge < -0.3 is 4.74 Å². The van der Waals surface area contributed by atoms with Crippen LogP contribution in [0.15, 0.2) is 23.3 Å². The highest BCUT2D eigenvalue weighted by Gasteiger charge is 2.45. The summed E-state index contributed by atoms with van der Waals surface area (Å²) < 4.78 is 5.19. The molecule has 1 atom stereocenters. The monoisotopic (exact) mass is 234 g/mol. The minimum absolute atomic E-state index is 0.0295. The molecule has 0 radical (unpaired) electrons. The van der Waals surface area contributed by atoms with Crippen molar-refractivity contribution in [3.05, 3.63) is 23.3 Å². The van der Waals surface area contributed by atoms with Crippen LogP contribution in [-0.2, 0) is 14.3 Å². The van der Waals surface area contributed by atoms with Gasteiger partial charge in [0.05, 0.1) is 6.61 Å². The second-order valence-electron chi connectivity index (χ2n) is 4.70. The van der Waals surface area contributed by atoms with Gasteiger partial charge in [-0.15, -0.1) is 0 Å². The summed E-state index contributed by atoms with van der Waals surface area (Å²) in [7, 11) is 0. The summed E-state index contributed by atoms with van der Waals surface area (Å²) >= 11 is 0. The zero-order valence-electron chi connectivity index (χ0n) is 10.4. The van der Waals surface area contributed by atoms with E-state index in [-0.39, 0.29) is 11.8 Å². The number of esters is 1. The third kappa shape index (κ3) is 1.84. The molecule has 0 saturated heterocycles. The van der Waals surface area contributed by atoms with Gasteiger partial charge in [-0.3, -0.25) is 9.59 Å². The summed E-state index contributed by atoms with van der Waals surface area (Å²) in [6, 6.07) is 0. The summed E-state index contributed by atoms with van der Waals surface area (Å²) in [5.41, 5.74) is 1.07. The smallest absolute Gasteiger partial charge is 0.320 e. The summed E-state index contributed by atoms with van der Waals surface area (Å²) in [5.74, 6) is -0.167. The van der Waals surface area contributed by atoms with E-state index in [1.165, 1.54) is 6.08 Å². The van der Waals surface area contributed by atoms with Gasteiger partial charge in [0.1, 0.15) is 5.41 Å². The molecular weight excluding hydrogens is 216 g/mol. The molecule has 3 nitrogen and oxygen atoms in total. The molecule has 17 heavy (non-hydrogen) atoms. The highest BCUT2D eigenvalue weighted by atomic mass is 16.5. The van der Waals surface area contributed by atoms with Gasteiger partial charge in [0.25, 0.3) is 0 Å². The molecule has 2 rings (SSSR count). The maximum absolute atomic E-state index is 12.2. The van der Waals surface area contributed by atoms with Crippen LogP contribution in [0.25, 0.3) is 0 Å². The first-order valence-corrected chi connectivity index (χ1v) is 6.23. The first-order chi connectivity index (χ1) is 8.12. The Labute approximate surface area is 102 Å².